The van der Waals surface area contributed by atoms with Crippen molar-refractivity contribution in [3.63, 3.8) is 0 Å². The van der Waals surface area contributed by atoms with Crippen molar-refractivity contribution in [2.75, 3.05) is 6.54 Å². The van der Waals surface area contributed by atoms with E-state index in [1.807, 2.05) is 43.3 Å². The molecular formula is C26H28ClNO4. The van der Waals surface area contributed by atoms with Crippen LogP contribution in [-0.2, 0) is 12.8 Å². The van der Waals surface area contributed by atoms with E-state index < -0.39 is 12.1 Å². The van der Waals surface area contributed by atoms with Gasteiger partial charge in [0.1, 0.15) is 11.5 Å². The summed E-state index contributed by atoms with van der Waals surface area (Å²) in [5.41, 5.74) is 4.84. The summed E-state index contributed by atoms with van der Waals surface area (Å²) in [6.07, 6.45) is 2.33. The molecule has 3 N–H and O–H groups in total. The molecule has 6 heteroatoms. The molecule has 0 saturated heterocycles. The average Bonchev–Trinajstić information content (AvgIpc) is 2.78. The second-order valence-electron chi connectivity index (χ2n) is 8.14. The van der Waals surface area contributed by atoms with Gasteiger partial charge in [0.15, 0.2) is 0 Å². The van der Waals surface area contributed by atoms with Crippen LogP contribution in [0, 0.1) is 6.92 Å². The van der Waals surface area contributed by atoms with E-state index in [9.17, 15) is 9.90 Å². The van der Waals surface area contributed by atoms with Crippen molar-refractivity contribution in [1.29, 1.82) is 0 Å². The third-order valence-electron chi connectivity index (χ3n) is 5.78. The molecule has 0 fully saturated rings. The van der Waals surface area contributed by atoms with Gasteiger partial charge in [0.25, 0.3) is 0 Å². The molecule has 0 unspecified atom stereocenters. The predicted molar refractivity (Wildman–Crippen MR) is 127 cm³/mol. The number of ether oxygens (including phenoxy) is 1. The average molecular weight is 454 g/mol. The van der Waals surface area contributed by atoms with Crippen LogP contribution in [0.2, 0.25) is 0 Å². The van der Waals surface area contributed by atoms with Crippen LogP contribution in [0.4, 0.5) is 0 Å². The summed E-state index contributed by atoms with van der Waals surface area (Å²) in [5.74, 6) is 0.228. The SMILES string of the molecule is Cc1ccc([C@@H](O)CN[C@H]2CCc3ccc(Oc4cccc(C(=O)O)c4)cc3C2)cc1.Cl. The van der Waals surface area contributed by atoms with Gasteiger partial charge in [0.2, 0.25) is 0 Å². The lowest BCUT2D eigenvalue weighted by Crippen LogP contribution is -2.37. The lowest BCUT2D eigenvalue weighted by Gasteiger charge is -2.27. The molecule has 5 nitrogen and oxygen atoms in total. The molecule has 0 spiro atoms. The maximum absolute atomic E-state index is 11.2. The van der Waals surface area contributed by atoms with Gasteiger partial charge >= 0.3 is 5.97 Å². The van der Waals surface area contributed by atoms with E-state index in [0.717, 1.165) is 24.8 Å². The Morgan fingerprint density at radius 2 is 1.81 bits per heavy atom. The highest BCUT2D eigenvalue weighted by Crippen LogP contribution is 2.29. The first kappa shape index (κ1) is 23.8. The molecule has 4 rings (SSSR count). The molecule has 2 atom stereocenters. The Morgan fingerprint density at radius 1 is 1.06 bits per heavy atom. The van der Waals surface area contributed by atoms with Crippen LogP contribution in [0.25, 0.3) is 0 Å². The fourth-order valence-electron chi connectivity index (χ4n) is 3.98. The number of carboxylic acids is 1. The number of aromatic carboxylic acids is 1. The van der Waals surface area contributed by atoms with Gasteiger partial charge in [0.05, 0.1) is 11.7 Å². The Balaban J connectivity index is 0.00000289. The molecule has 3 aromatic carbocycles. The number of halogens is 1. The van der Waals surface area contributed by atoms with Crippen LogP contribution in [-0.4, -0.2) is 28.8 Å². The van der Waals surface area contributed by atoms with E-state index in [4.69, 9.17) is 9.84 Å². The maximum Gasteiger partial charge on any atom is 0.335 e. The molecular weight excluding hydrogens is 426 g/mol. The molecule has 1 aliphatic carbocycles. The maximum atomic E-state index is 11.2. The Morgan fingerprint density at radius 3 is 2.56 bits per heavy atom. The first-order chi connectivity index (χ1) is 15.0. The summed E-state index contributed by atoms with van der Waals surface area (Å²) in [6, 6.07) is 20.8. The Hall–Kier alpha value is -2.86. The minimum absolute atomic E-state index is 0. The second-order valence-corrected chi connectivity index (χ2v) is 8.14. The van der Waals surface area contributed by atoms with Crippen molar-refractivity contribution in [3.05, 3.63) is 94.5 Å². The Kier molecular flexibility index (Phi) is 7.91. The number of carboxylic acid groups (broad SMARTS) is 1. The molecule has 0 amide bonds. The fourth-order valence-corrected chi connectivity index (χ4v) is 3.98. The third kappa shape index (κ3) is 5.88. The largest absolute Gasteiger partial charge is 0.478 e. The topological polar surface area (TPSA) is 78.8 Å². The predicted octanol–water partition coefficient (Wildman–Crippen LogP) is 5.09. The van der Waals surface area contributed by atoms with Crippen molar-refractivity contribution in [3.8, 4) is 11.5 Å². The van der Waals surface area contributed by atoms with Crippen LogP contribution in [0.5, 0.6) is 11.5 Å². The quantitative estimate of drug-likeness (QED) is 0.464. The van der Waals surface area contributed by atoms with E-state index in [2.05, 4.69) is 11.4 Å². The highest BCUT2D eigenvalue weighted by Gasteiger charge is 2.20. The number of aryl methyl sites for hydroxylation is 2. The van der Waals surface area contributed by atoms with E-state index in [0.29, 0.717) is 18.0 Å². The van der Waals surface area contributed by atoms with Gasteiger partial charge in [-0.25, -0.2) is 4.79 Å². The van der Waals surface area contributed by atoms with Crippen molar-refractivity contribution in [2.45, 2.75) is 38.3 Å². The van der Waals surface area contributed by atoms with Gasteiger partial charge in [0, 0.05) is 12.6 Å². The van der Waals surface area contributed by atoms with E-state index in [-0.39, 0.29) is 24.0 Å². The molecule has 32 heavy (non-hydrogen) atoms. The zero-order valence-corrected chi connectivity index (χ0v) is 18.8. The molecule has 168 valence electrons. The van der Waals surface area contributed by atoms with Gasteiger partial charge in [-0.1, -0.05) is 42.0 Å². The number of benzene rings is 3. The number of hydrogen-bond donors (Lipinski definition) is 3. The van der Waals surface area contributed by atoms with Crippen LogP contribution < -0.4 is 10.1 Å². The Bertz CT molecular complexity index is 1070. The van der Waals surface area contributed by atoms with Gasteiger partial charge in [-0.15, -0.1) is 12.4 Å². The first-order valence-electron chi connectivity index (χ1n) is 10.6. The molecule has 3 aromatic rings. The summed E-state index contributed by atoms with van der Waals surface area (Å²) < 4.78 is 5.91. The lowest BCUT2D eigenvalue weighted by molar-refractivity contribution is 0.0696. The molecule has 1 aliphatic rings. The van der Waals surface area contributed by atoms with Gasteiger partial charge in [-0.2, -0.15) is 0 Å². The Labute approximate surface area is 194 Å². The molecule has 0 aliphatic heterocycles. The minimum atomic E-state index is -0.974. The van der Waals surface area contributed by atoms with Crippen molar-refractivity contribution in [2.24, 2.45) is 0 Å². The number of aliphatic hydroxyl groups excluding tert-OH is 1. The standard InChI is InChI=1S/C26H27NO4.ClH/c1-17-5-7-19(8-6-17)25(28)16-27-22-11-9-18-10-12-24(15-21(18)13-22)31-23-4-2-3-20(14-23)26(29)30;/h2-8,10,12,14-15,22,25,27-28H,9,11,13,16H2,1H3,(H,29,30);1H/t22-,25-;/m0./s1. The van der Waals surface area contributed by atoms with Gasteiger partial charge in [-0.3, -0.25) is 0 Å². The lowest BCUT2D eigenvalue weighted by atomic mass is 9.88. The van der Waals surface area contributed by atoms with Gasteiger partial charge in [-0.05, 0) is 73.2 Å². The van der Waals surface area contributed by atoms with Crippen molar-refractivity contribution in [1.82, 2.24) is 5.32 Å². The number of nitrogens with one attached hydrogen (secondary N) is 1. The summed E-state index contributed by atoms with van der Waals surface area (Å²) in [4.78, 5) is 11.2. The summed E-state index contributed by atoms with van der Waals surface area (Å²) in [6.45, 7) is 2.55. The number of fused-ring (bicyclic) bond motifs is 1. The second kappa shape index (κ2) is 10.6. The molecule has 0 aromatic heterocycles. The highest BCUT2D eigenvalue weighted by molar-refractivity contribution is 5.88. The third-order valence-corrected chi connectivity index (χ3v) is 5.78. The molecule has 0 heterocycles. The summed E-state index contributed by atoms with van der Waals surface area (Å²) in [5, 5.41) is 23.1. The van der Waals surface area contributed by atoms with Crippen LogP contribution >= 0.6 is 12.4 Å². The molecule has 0 saturated carbocycles. The number of rotatable bonds is 7. The number of hydrogen-bond acceptors (Lipinski definition) is 4. The first-order valence-corrected chi connectivity index (χ1v) is 10.6. The van der Waals surface area contributed by atoms with Crippen LogP contribution in [0.1, 0.15) is 45.1 Å². The molecule has 0 bridgehead atoms. The van der Waals surface area contributed by atoms with Crippen molar-refractivity contribution >= 4 is 18.4 Å². The van der Waals surface area contributed by atoms with E-state index in [1.54, 1.807) is 18.2 Å². The highest BCUT2D eigenvalue weighted by atomic mass is 35.5. The van der Waals surface area contributed by atoms with Crippen LogP contribution in [0.3, 0.4) is 0 Å². The zero-order chi connectivity index (χ0) is 21.8. The number of carbonyl (C=O) groups is 1. The normalized spacial score (nSPS) is 15.9. The summed E-state index contributed by atoms with van der Waals surface area (Å²) in [7, 11) is 0. The van der Waals surface area contributed by atoms with E-state index >= 15 is 0 Å². The minimum Gasteiger partial charge on any atom is -0.478 e. The summed E-state index contributed by atoms with van der Waals surface area (Å²) >= 11 is 0. The van der Waals surface area contributed by atoms with Crippen LogP contribution in [0.15, 0.2) is 66.7 Å². The van der Waals surface area contributed by atoms with E-state index in [1.165, 1.54) is 22.8 Å². The monoisotopic (exact) mass is 453 g/mol. The number of aliphatic hydroxyl groups is 1. The smallest absolute Gasteiger partial charge is 0.335 e. The molecule has 0 radical (unpaired) electrons. The zero-order valence-electron chi connectivity index (χ0n) is 18.0. The fraction of sp³-hybridized carbons (Fsp3) is 0.269. The van der Waals surface area contributed by atoms with Gasteiger partial charge < -0.3 is 20.3 Å². The van der Waals surface area contributed by atoms with Crippen molar-refractivity contribution < 1.29 is 19.7 Å².